The van der Waals surface area contributed by atoms with Crippen molar-refractivity contribution in [2.45, 2.75) is 264 Å². The van der Waals surface area contributed by atoms with E-state index >= 15 is 0 Å². The fourth-order valence-corrected chi connectivity index (χ4v) is 10.8. The average Bonchev–Trinajstić information content (AvgIpc) is 0.909. The van der Waals surface area contributed by atoms with Gasteiger partial charge in [0.25, 0.3) is 0 Å². The molecule has 106 heavy (non-hydrogen) atoms. The molecule has 19 heteroatoms. The van der Waals surface area contributed by atoms with E-state index in [1.165, 1.54) is 0 Å². The number of allylic oxidation sites excluding steroid dienone is 35. The van der Waals surface area contributed by atoms with Crippen LogP contribution in [0.15, 0.2) is 219 Å². The number of aliphatic hydroxyl groups excluding tert-OH is 1. The molecule has 0 heterocycles. The molecule has 17 nitrogen and oxygen atoms in total. The minimum absolute atomic E-state index is 0.0202. The van der Waals surface area contributed by atoms with Gasteiger partial charge in [0.1, 0.15) is 19.3 Å². The van der Waals surface area contributed by atoms with Crippen LogP contribution >= 0.6 is 15.6 Å². The lowest BCUT2D eigenvalue weighted by Crippen LogP contribution is -2.30. The number of aliphatic hydroxyl groups is 1. The maximum atomic E-state index is 13.1. The van der Waals surface area contributed by atoms with Crippen molar-refractivity contribution in [3.63, 3.8) is 0 Å². The Hall–Kier alpha value is -6.62. The molecule has 0 aromatic rings. The van der Waals surface area contributed by atoms with Gasteiger partial charge >= 0.3 is 39.5 Å². The van der Waals surface area contributed by atoms with Crippen LogP contribution in [0.25, 0.3) is 0 Å². The van der Waals surface area contributed by atoms with Crippen molar-refractivity contribution in [3.05, 3.63) is 219 Å². The molecule has 0 rings (SSSR count). The molecule has 594 valence electrons. The van der Waals surface area contributed by atoms with Gasteiger partial charge in [-0.15, -0.1) is 0 Å². The van der Waals surface area contributed by atoms with Gasteiger partial charge in [-0.2, -0.15) is 0 Å². The van der Waals surface area contributed by atoms with E-state index < -0.39 is 97.5 Å². The molecule has 0 radical (unpaired) electrons. The van der Waals surface area contributed by atoms with Gasteiger partial charge in [0.2, 0.25) is 0 Å². The van der Waals surface area contributed by atoms with Crippen molar-refractivity contribution in [1.82, 2.24) is 0 Å². The number of phosphoric ester groups is 2. The molecule has 3 N–H and O–H groups in total. The second-order valence-corrected chi connectivity index (χ2v) is 27.7. The highest BCUT2D eigenvalue weighted by Crippen LogP contribution is 2.45. The third-order valence-electron chi connectivity index (χ3n) is 15.0. The molecule has 5 unspecified atom stereocenters. The Morgan fingerprint density at radius 1 is 0.274 bits per heavy atom. The Labute approximate surface area is 639 Å². The number of rotatable bonds is 70. The second kappa shape index (κ2) is 76.6. The van der Waals surface area contributed by atoms with Gasteiger partial charge in [-0.05, 0) is 161 Å². The average molecular weight is 1510 g/mol. The summed E-state index contributed by atoms with van der Waals surface area (Å²) in [6.45, 7) is 4.12. The molecule has 0 aliphatic carbocycles. The Morgan fingerprint density at radius 3 is 0.849 bits per heavy atom. The number of carbonyl (C=O) groups excluding carboxylic acids is 4. The first kappa shape index (κ1) is 99.4. The molecular formula is C87H134O17P2. The highest BCUT2D eigenvalue weighted by atomic mass is 31.2. The van der Waals surface area contributed by atoms with Gasteiger partial charge in [-0.25, -0.2) is 9.13 Å². The van der Waals surface area contributed by atoms with Gasteiger partial charge in [-0.1, -0.05) is 279 Å². The molecule has 0 aliphatic heterocycles. The molecule has 0 saturated heterocycles. The zero-order chi connectivity index (χ0) is 77.4. The van der Waals surface area contributed by atoms with Crippen molar-refractivity contribution in [3.8, 4) is 0 Å². The highest BCUT2D eigenvalue weighted by molar-refractivity contribution is 7.47. The molecule has 0 aromatic carbocycles. The summed E-state index contributed by atoms with van der Waals surface area (Å²) < 4.78 is 68.3. The van der Waals surface area contributed by atoms with Crippen molar-refractivity contribution in [1.29, 1.82) is 0 Å². The quantitative estimate of drug-likeness (QED) is 0.0169. The zero-order valence-corrected chi connectivity index (χ0v) is 66.5. The van der Waals surface area contributed by atoms with Crippen molar-refractivity contribution in [2.75, 3.05) is 39.6 Å². The molecule has 0 aliphatic rings. The number of phosphoric acid groups is 2. The van der Waals surface area contributed by atoms with E-state index in [1.807, 2.05) is 30.4 Å². The number of hydrogen-bond donors (Lipinski definition) is 3. The predicted molar refractivity (Wildman–Crippen MR) is 435 cm³/mol. The molecule has 0 bridgehead atoms. The van der Waals surface area contributed by atoms with E-state index in [9.17, 15) is 43.2 Å². The van der Waals surface area contributed by atoms with Gasteiger partial charge in [-0.3, -0.25) is 37.3 Å². The normalized spacial score (nSPS) is 15.0. The third-order valence-corrected chi connectivity index (χ3v) is 16.9. The smallest absolute Gasteiger partial charge is 0.462 e. The third kappa shape index (κ3) is 75.6. The van der Waals surface area contributed by atoms with Crippen molar-refractivity contribution in [2.24, 2.45) is 0 Å². The molecule has 0 aromatic heterocycles. The van der Waals surface area contributed by atoms with Crippen molar-refractivity contribution < 1.29 is 80.2 Å². The Morgan fingerprint density at radius 2 is 0.519 bits per heavy atom. The summed E-state index contributed by atoms with van der Waals surface area (Å²) in [5.74, 6) is -2.50. The number of unbranched alkanes of at least 4 members (excludes halogenated alkanes) is 9. The van der Waals surface area contributed by atoms with E-state index in [0.29, 0.717) is 32.1 Å². The minimum Gasteiger partial charge on any atom is -0.462 e. The predicted octanol–water partition coefficient (Wildman–Crippen LogP) is 22.9. The van der Waals surface area contributed by atoms with Crippen molar-refractivity contribution >= 4 is 39.5 Å². The maximum absolute atomic E-state index is 13.1. The Kier molecular flexibility index (Phi) is 71.8. The van der Waals surface area contributed by atoms with Gasteiger partial charge in [0.05, 0.1) is 32.8 Å². The van der Waals surface area contributed by atoms with E-state index in [4.69, 9.17) is 37.0 Å². The van der Waals surface area contributed by atoms with Crippen LogP contribution < -0.4 is 0 Å². The Balaban J connectivity index is 5.56. The van der Waals surface area contributed by atoms with Crippen LogP contribution in [0.3, 0.4) is 0 Å². The summed E-state index contributed by atoms with van der Waals surface area (Å²) in [5, 5.41) is 10.6. The summed E-state index contributed by atoms with van der Waals surface area (Å²) in [6.07, 6.45) is 96.9. The topological polar surface area (TPSA) is 237 Å². The number of hydrogen-bond acceptors (Lipinski definition) is 15. The van der Waals surface area contributed by atoms with Crippen LogP contribution in [0.2, 0.25) is 0 Å². The number of ether oxygens (including phenoxy) is 4. The fraction of sp³-hybridized carbons (Fsp3) is 0.540. The summed E-state index contributed by atoms with van der Waals surface area (Å²) in [7, 11) is -10.0. The van der Waals surface area contributed by atoms with Crippen LogP contribution in [0.1, 0.15) is 246 Å². The van der Waals surface area contributed by atoms with Crippen LogP contribution in [0.4, 0.5) is 0 Å². The molecule has 0 fully saturated rings. The highest BCUT2D eigenvalue weighted by Gasteiger charge is 2.30. The monoisotopic (exact) mass is 1510 g/mol. The fourth-order valence-electron chi connectivity index (χ4n) is 9.21. The lowest BCUT2D eigenvalue weighted by atomic mass is 10.1. The molecule has 0 saturated carbocycles. The van der Waals surface area contributed by atoms with Gasteiger partial charge in [0, 0.05) is 19.3 Å². The molecule has 0 amide bonds. The summed E-state index contributed by atoms with van der Waals surface area (Å²) in [6, 6.07) is 0. The first-order valence-electron chi connectivity index (χ1n) is 39.0. The Bertz CT molecular complexity index is 2880. The first-order valence-corrected chi connectivity index (χ1v) is 42.0. The van der Waals surface area contributed by atoms with Crippen LogP contribution in [0, 0.1) is 0 Å². The SMILES string of the molecule is CC/C=C\C/C=C\C/C=C\C/C=C\C/C=C\C/C=C\CCC(=O)OCC(COP(=O)(O)OCC(O)COP(=O)(O)OCC(COC(=O)CCCCCC/C=C\C/C=C\C/C=C\C/C=C\CC)OC(=O)C/C=C\C/C=C\C/C=C\C/C=C\C/C=C\CC)OC(=O)CCCCCCC/C=C\C/C=C\C/C=C\CC. The zero-order valence-electron chi connectivity index (χ0n) is 64.8. The lowest BCUT2D eigenvalue weighted by molar-refractivity contribution is -0.161. The minimum atomic E-state index is -5.03. The van der Waals surface area contributed by atoms with Gasteiger partial charge in [0.15, 0.2) is 12.2 Å². The van der Waals surface area contributed by atoms with Crippen LogP contribution in [-0.2, 0) is 65.4 Å². The largest absolute Gasteiger partial charge is 0.472 e. The second-order valence-electron chi connectivity index (χ2n) is 24.8. The van der Waals surface area contributed by atoms with E-state index in [1.54, 1.807) is 12.2 Å². The van der Waals surface area contributed by atoms with E-state index in [0.717, 1.165) is 161 Å². The molecule has 5 atom stereocenters. The standard InChI is InChI=1S/C87H134O17P2/c1-5-9-13-17-21-25-29-33-37-39-40-42-46-48-52-56-60-64-68-72-85(90)98-78-83(104-87(92)74-70-66-62-58-54-50-44-36-32-28-24-20-16-12-8-4)80-102-106(95,96)100-76-81(88)75-99-105(93,94)101-79-82(103-86(91)73-69-65-61-57-53-49-43-35-31-27-23-19-15-11-7-3)77-97-84(89)71-67-63-59-55-51-47-45-41-38-34-30-26-22-18-14-10-6-2/h9-16,21-28,33-38,40,42-45,47-48,52-53,57,60,64-65,69,81-83,88H,5-8,17-20,29-32,39,41,46,49-51,54-56,58-59,61-63,66-68,70-80H2,1-4H3,(H,93,94)(H,95,96)/b13-9-,14-10-,15-11-,16-12-,25-21-,26-22-,27-23-,28-24-,37-33-,38-34-,42-40-,43-35-,44-36-,47-45-,52-48-,57-53-,64-60-,69-65-. The summed E-state index contributed by atoms with van der Waals surface area (Å²) in [5.41, 5.74) is 0. The summed E-state index contributed by atoms with van der Waals surface area (Å²) in [4.78, 5) is 72.9. The van der Waals surface area contributed by atoms with E-state index in [-0.39, 0.29) is 25.7 Å². The van der Waals surface area contributed by atoms with Crippen LogP contribution in [-0.4, -0.2) is 96.7 Å². The lowest BCUT2D eigenvalue weighted by Gasteiger charge is -2.21. The van der Waals surface area contributed by atoms with E-state index in [2.05, 4.69) is 204 Å². The number of carbonyl (C=O) groups is 4. The molecule has 0 spiro atoms. The van der Waals surface area contributed by atoms with Crippen LogP contribution in [0.5, 0.6) is 0 Å². The maximum Gasteiger partial charge on any atom is 0.472 e. The molecular weight excluding hydrogens is 1380 g/mol. The summed E-state index contributed by atoms with van der Waals surface area (Å²) >= 11 is 0. The van der Waals surface area contributed by atoms with Gasteiger partial charge < -0.3 is 33.8 Å². The number of esters is 4. The first-order chi connectivity index (χ1) is 51.7.